The second-order valence-electron chi connectivity index (χ2n) is 5.75. The second-order valence-corrected chi connectivity index (χ2v) is 7.64. The van der Waals surface area contributed by atoms with Crippen LogP contribution in [0.3, 0.4) is 0 Å². The van der Waals surface area contributed by atoms with E-state index in [4.69, 9.17) is 0 Å². The van der Waals surface area contributed by atoms with Crippen LogP contribution in [0.2, 0.25) is 0 Å². The topological polar surface area (TPSA) is 57.7 Å². The van der Waals surface area contributed by atoms with E-state index in [0.29, 0.717) is 5.56 Å². The molecule has 2 aromatic rings. The zero-order valence-corrected chi connectivity index (χ0v) is 14.1. The average Bonchev–Trinajstić information content (AvgIpc) is 2.87. The predicted octanol–water partition coefficient (Wildman–Crippen LogP) is 2.30. The Morgan fingerprint density at radius 2 is 1.79 bits per heavy atom. The molecular formula is C17H17FN2O3S. The fourth-order valence-corrected chi connectivity index (χ4v) is 4.45. The third-order valence-electron chi connectivity index (χ3n) is 4.16. The van der Waals surface area contributed by atoms with Gasteiger partial charge in [-0.3, -0.25) is 4.79 Å². The van der Waals surface area contributed by atoms with E-state index < -0.39 is 22.0 Å². The monoisotopic (exact) mass is 348 g/mol. The third kappa shape index (κ3) is 2.70. The van der Waals surface area contributed by atoms with Crippen molar-refractivity contribution in [3.63, 3.8) is 0 Å². The maximum Gasteiger partial charge on any atom is 0.245 e. The highest BCUT2D eigenvalue weighted by Crippen LogP contribution is 2.34. The van der Waals surface area contributed by atoms with Gasteiger partial charge < -0.3 is 4.90 Å². The van der Waals surface area contributed by atoms with Gasteiger partial charge in [0.2, 0.25) is 15.9 Å². The van der Waals surface area contributed by atoms with Crippen molar-refractivity contribution in [1.82, 2.24) is 9.21 Å². The molecule has 0 saturated carbocycles. The van der Waals surface area contributed by atoms with Crippen molar-refractivity contribution in [3.8, 4) is 0 Å². The number of halogens is 1. The Kier molecular flexibility index (Phi) is 4.15. The summed E-state index contributed by atoms with van der Waals surface area (Å²) in [6.07, 6.45) is -0.714. The van der Waals surface area contributed by atoms with Crippen molar-refractivity contribution < 1.29 is 17.6 Å². The number of nitrogens with zero attached hydrogens (tertiary/aromatic N) is 2. The summed E-state index contributed by atoms with van der Waals surface area (Å²) in [5.74, 6) is -0.755. The zero-order valence-electron chi connectivity index (χ0n) is 13.3. The van der Waals surface area contributed by atoms with Gasteiger partial charge in [-0.25, -0.2) is 12.8 Å². The van der Waals surface area contributed by atoms with Crippen molar-refractivity contribution in [2.45, 2.75) is 18.0 Å². The number of rotatable bonds is 3. The minimum Gasteiger partial charge on any atom is -0.324 e. The van der Waals surface area contributed by atoms with Crippen molar-refractivity contribution in [3.05, 3.63) is 65.5 Å². The van der Waals surface area contributed by atoms with E-state index in [1.807, 2.05) is 6.07 Å². The Labute approximate surface area is 140 Å². The van der Waals surface area contributed by atoms with Crippen LogP contribution in [0.1, 0.15) is 17.3 Å². The highest BCUT2D eigenvalue weighted by Gasteiger charge is 2.43. The van der Waals surface area contributed by atoms with E-state index >= 15 is 0 Å². The maximum atomic E-state index is 13.5. The highest BCUT2D eigenvalue weighted by atomic mass is 32.2. The summed E-state index contributed by atoms with van der Waals surface area (Å²) < 4.78 is 40.6. The quantitative estimate of drug-likeness (QED) is 0.855. The molecule has 0 N–H and O–H groups in total. The average molecular weight is 348 g/mol. The van der Waals surface area contributed by atoms with Crippen LogP contribution in [0.15, 0.2) is 53.4 Å². The van der Waals surface area contributed by atoms with Crippen LogP contribution in [0.25, 0.3) is 0 Å². The van der Waals surface area contributed by atoms with E-state index in [1.165, 1.54) is 24.0 Å². The molecule has 0 radical (unpaired) electrons. The molecule has 126 valence electrons. The summed E-state index contributed by atoms with van der Waals surface area (Å²) in [4.78, 5) is 13.5. The van der Waals surface area contributed by atoms with E-state index in [2.05, 4.69) is 0 Å². The Morgan fingerprint density at radius 3 is 2.42 bits per heavy atom. The van der Waals surface area contributed by atoms with Gasteiger partial charge in [0.15, 0.2) is 0 Å². The van der Waals surface area contributed by atoms with Gasteiger partial charge in [0.25, 0.3) is 0 Å². The summed E-state index contributed by atoms with van der Waals surface area (Å²) in [6, 6.07) is 12.6. The van der Waals surface area contributed by atoms with Gasteiger partial charge in [0.1, 0.15) is 12.0 Å². The van der Waals surface area contributed by atoms with Crippen molar-refractivity contribution in [2.24, 2.45) is 0 Å². The lowest BCUT2D eigenvalue weighted by Gasteiger charge is -2.27. The van der Waals surface area contributed by atoms with Crippen molar-refractivity contribution >= 4 is 15.9 Å². The fourth-order valence-electron chi connectivity index (χ4n) is 2.81. The third-order valence-corrected chi connectivity index (χ3v) is 5.95. The smallest absolute Gasteiger partial charge is 0.245 e. The Bertz CT molecular complexity index is 884. The van der Waals surface area contributed by atoms with E-state index in [9.17, 15) is 17.6 Å². The number of sulfonamides is 1. The molecule has 1 saturated heterocycles. The van der Waals surface area contributed by atoms with Crippen LogP contribution in [0, 0.1) is 12.7 Å². The Balaban J connectivity index is 2.08. The van der Waals surface area contributed by atoms with E-state index in [1.54, 1.807) is 31.3 Å². The minimum absolute atomic E-state index is 0.0227. The zero-order chi connectivity index (χ0) is 17.5. The molecule has 1 aliphatic heterocycles. The number of likely N-dealkylation sites (N-methyl/N-ethyl adjacent to an activating group) is 1. The van der Waals surface area contributed by atoms with Crippen LogP contribution in [0.4, 0.5) is 4.39 Å². The molecule has 0 aliphatic carbocycles. The standard InChI is InChI=1S/C17H17FN2O3S/c1-12-10-14(8-9-15(12)18)24(22,23)20-11-16(21)19(2)17(20)13-6-4-3-5-7-13/h3-10,17H,11H2,1-2H3/t17-/m1/s1. The maximum absolute atomic E-state index is 13.5. The van der Waals surface area contributed by atoms with E-state index in [-0.39, 0.29) is 22.9 Å². The predicted molar refractivity (Wildman–Crippen MR) is 87.0 cm³/mol. The molecule has 24 heavy (non-hydrogen) atoms. The molecule has 1 heterocycles. The summed E-state index contributed by atoms with van der Waals surface area (Å²) >= 11 is 0. The van der Waals surface area contributed by atoms with Crippen LogP contribution >= 0.6 is 0 Å². The number of aryl methyl sites for hydroxylation is 1. The molecule has 1 atom stereocenters. The Morgan fingerprint density at radius 1 is 1.12 bits per heavy atom. The van der Waals surface area contributed by atoms with Gasteiger partial charge in [0.05, 0.1) is 11.4 Å². The molecule has 0 aromatic heterocycles. The molecule has 7 heteroatoms. The van der Waals surface area contributed by atoms with Gasteiger partial charge in [-0.1, -0.05) is 30.3 Å². The lowest BCUT2D eigenvalue weighted by Crippen LogP contribution is -2.34. The van der Waals surface area contributed by atoms with Gasteiger partial charge in [-0.2, -0.15) is 4.31 Å². The first-order chi connectivity index (χ1) is 11.3. The van der Waals surface area contributed by atoms with Gasteiger partial charge in [-0.05, 0) is 36.2 Å². The summed E-state index contributed by atoms with van der Waals surface area (Å²) in [5.41, 5.74) is 0.944. The first-order valence-electron chi connectivity index (χ1n) is 7.41. The SMILES string of the molecule is Cc1cc(S(=O)(=O)N2CC(=O)N(C)[C@H]2c2ccccc2)ccc1F. The van der Waals surface area contributed by atoms with Gasteiger partial charge in [0, 0.05) is 7.05 Å². The number of carbonyl (C=O) groups is 1. The van der Waals surface area contributed by atoms with Gasteiger partial charge >= 0.3 is 0 Å². The molecule has 5 nitrogen and oxygen atoms in total. The number of hydrogen-bond acceptors (Lipinski definition) is 3. The molecule has 1 fully saturated rings. The first-order valence-corrected chi connectivity index (χ1v) is 8.85. The minimum atomic E-state index is -3.94. The van der Waals surface area contributed by atoms with Crippen molar-refractivity contribution in [1.29, 1.82) is 0 Å². The molecule has 3 rings (SSSR count). The summed E-state index contributed by atoms with van der Waals surface area (Å²) in [7, 11) is -2.36. The normalized spacial score (nSPS) is 19.0. The lowest BCUT2D eigenvalue weighted by atomic mass is 10.2. The number of hydrogen-bond donors (Lipinski definition) is 0. The summed E-state index contributed by atoms with van der Waals surface area (Å²) in [6.45, 7) is 1.26. The highest BCUT2D eigenvalue weighted by molar-refractivity contribution is 7.89. The molecule has 1 amide bonds. The second kappa shape index (κ2) is 5.99. The van der Waals surface area contributed by atoms with Crippen molar-refractivity contribution in [2.75, 3.05) is 13.6 Å². The molecule has 0 bridgehead atoms. The molecule has 2 aromatic carbocycles. The van der Waals surface area contributed by atoms with Gasteiger partial charge in [-0.15, -0.1) is 0 Å². The Hall–Kier alpha value is -2.25. The molecule has 1 aliphatic rings. The lowest BCUT2D eigenvalue weighted by molar-refractivity contribution is -0.126. The van der Waals surface area contributed by atoms with Crippen LogP contribution in [0.5, 0.6) is 0 Å². The van der Waals surface area contributed by atoms with E-state index in [0.717, 1.165) is 10.4 Å². The fraction of sp³-hybridized carbons (Fsp3) is 0.235. The number of carbonyl (C=O) groups excluding carboxylic acids is 1. The molecular weight excluding hydrogens is 331 g/mol. The number of benzene rings is 2. The van der Waals surface area contributed by atoms with Crippen LogP contribution in [-0.2, 0) is 14.8 Å². The number of amides is 1. The first kappa shape index (κ1) is 16.6. The molecule has 0 spiro atoms. The van der Waals surface area contributed by atoms with Crippen LogP contribution < -0.4 is 0 Å². The molecule has 0 unspecified atom stereocenters. The van der Waals surface area contributed by atoms with Crippen LogP contribution in [-0.4, -0.2) is 37.1 Å². The summed E-state index contributed by atoms with van der Waals surface area (Å²) in [5, 5.41) is 0. The largest absolute Gasteiger partial charge is 0.324 e.